The predicted octanol–water partition coefficient (Wildman–Crippen LogP) is 5.37. The maximum atomic E-state index is 14.9. The van der Waals surface area contributed by atoms with E-state index in [-0.39, 0.29) is 5.82 Å². The van der Waals surface area contributed by atoms with Crippen molar-refractivity contribution in [3.8, 4) is 11.3 Å². The molecule has 3 aromatic rings. The van der Waals surface area contributed by atoms with Crippen molar-refractivity contribution in [2.24, 2.45) is 4.99 Å². The van der Waals surface area contributed by atoms with Gasteiger partial charge in [-0.15, -0.1) is 0 Å². The van der Waals surface area contributed by atoms with Crippen LogP contribution in [-0.4, -0.2) is 43.0 Å². The Morgan fingerprint density at radius 3 is 2.72 bits per heavy atom. The summed E-state index contributed by atoms with van der Waals surface area (Å²) in [6.45, 7) is 10.7. The number of morpholine rings is 1. The number of nitrogens with zero attached hydrogens (tertiary/aromatic N) is 4. The quantitative estimate of drug-likeness (QED) is 0.390. The number of fused-ring (bicyclic) bond motifs is 1. The minimum atomic E-state index is -0.298. The lowest BCUT2D eigenvalue weighted by Crippen LogP contribution is -2.36. The van der Waals surface area contributed by atoms with Crippen LogP contribution in [0.4, 0.5) is 10.1 Å². The highest BCUT2D eigenvalue weighted by Gasteiger charge is 2.16. The summed E-state index contributed by atoms with van der Waals surface area (Å²) in [4.78, 5) is 15.0. The first-order chi connectivity index (χ1) is 15.6. The molecule has 32 heavy (non-hydrogen) atoms. The molecule has 1 aliphatic heterocycles. The average molecular weight is 431 g/mol. The Morgan fingerprint density at radius 1 is 1.16 bits per heavy atom. The lowest BCUT2D eigenvalue weighted by Gasteiger charge is -2.29. The fraction of sp³-hybridized carbons (Fsp3) is 0.269. The summed E-state index contributed by atoms with van der Waals surface area (Å²) in [6, 6.07) is 11.3. The SMILES string of the molecule is C=N/C=C\C(Cc1ccc(F)c(-c2ncnc3cc(N4CCOCC4)ccc23)c1)=C(C)C. The topological polar surface area (TPSA) is 50.6 Å². The van der Waals surface area contributed by atoms with Gasteiger partial charge in [-0.3, -0.25) is 4.99 Å². The van der Waals surface area contributed by atoms with Crippen LogP contribution in [0.3, 0.4) is 0 Å². The molecular formula is C26H27FN4O. The van der Waals surface area contributed by atoms with E-state index in [2.05, 4.69) is 46.5 Å². The number of halogens is 1. The predicted molar refractivity (Wildman–Crippen MR) is 129 cm³/mol. The lowest BCUT2D eigenvalue weighted by atomic mass is 9.97. The van der Waals surface area contributed by atoms with Gasteiger partial charge in [0, 0.05) is 35.9 Å². The van der Waals surface area contributed by atoms with E-state index in [0.717, 1.165) is 54.0 Å². The minimum absolute atomic E-state index is 0.298. The van der Waals surface area contributed by atoms with E-state index in [0.29, 0.717) is 17.7 Å². The molecule has 0 unspecified atom stereocenters. The number of hydrogen-bond donors (Lipinski definition) is 0. The molecule has 164 valence electrons. The number of hydrogen-bond acceptors (Lipinski definition) is 5. The van der Waals surface area contributed by atoms with E-state index in [9.17, 15) is 4.39 Å². The van der Waals surface area contributed by atoms with Crippen LogP contribution in [0.25, 0.3) is 22.2 Å². The highest BCUT2D eigenvalue weighted by molar-refractivity contribution is 5.94. The van der Waals surface area contributed by atoms with Gasteiger partial charge in [0.1, 0.15) is 12.1 Å². The van der Waals surface area contributed by atoms with E-state index in [4.69, 9.17) is 4.74 Å². The Morgan fingerprint density at radius 2 is 1.97 bits per heavy atom. The Labute approximate surface area is 188 Å². The maximum absolute atomic E-state index is 14.9. The molecule has 4 rings (SSSR count). The van der Waals surface area contributed by atoms with Gasteiger partial charge in [-0.25, -0.2) is 14.4 Å². The summed E-state index contributed by atoms with van der Waals surface area (Å²) in [5.74, 6) is -0.298. The maximum Gasteiger partial charge on any atom is 0.132 e. The minimum Gasteiger partial charge on any atom is -0.378 e. The van der Waals surface area contributed by atoms with Crippen LogP contribution in [0, 0.1) is 5.82 Å². The molecule has 0 radical (unpaired) electrons. The fourth-order valence-electron chi connectivity index (χ4n) is 3.91. The van der Waals surface area contributed by atoms with E-state index in [1.807, 2.05) is 30.3 Å². The Hall–Kier alpha value is -3.38. The zero-order valence-corrected chi connectivity index (χ0v) is 18.5. The lowest BCUT2D eigenvalue weighted by molar-refractivity contribution is 0.122. The van der Waals surface area contributed by atoms with Crippen molar-refractivity contribution in [1.29, 1.82) is 0 Å². The zero-order chi connectivity index (χ0) is 22.5. The zero-order valence-electron chi connectivity index (χ0n) is 18.5. The molecule has 0 N–H and O–H groups in total. The van der Waals surface area contributed by atoms with Crippen LogP contribution < -0.4 is 4.90 Å². The third-order valence-corrected chi connectivity index (χ3v) is 5.70. The van der Waals surface area contributed by atoms with Gasteiger partial charge in [0.05, 0.1) is 24.4 Å². The summed E-state index contributed by atoms with van der Waals surface area (Å²) < 4.78 is 20.4. The first-order valence-corrected chi connectivity index (χ1v) is 10.7. The van der Waals surface area contributed by atoms with Gasteiger partial charge in [0.25, 0.3) is 0 Å². The largest absolute Gasteiger partial charge is 0.378 e. The molecule has 5 nitrogen and oxygen atoms in total. The number of aromatic nitrogens is 2. The van der Waals surface area contributed by atoms with Gasteiger partial charge in [0.15, 0.2) is 0 Å². The van der Waals surface area contributed by atoms with Crippen LogP contribution in [0.1, 0.15) is 19.4 Å². The van der Waals surface area contributed by atoms with Gasteiger partial charge in [-0.05, 0) is 74.5 Å². The standard InChI is InChI=1S/C26H27FN4O/c1-18(2)20(8-9-28-3)14-19-4-7-24(27)23(15-19)26-22-6-5-21(16-25(22)29-17-30-26)31-10-12-32-13-11-31/h4-9,15-17H,3,10-14H2,1-2H3/b9-8-. The van der Waals surface area contributed by atoms with Gasteiger partial charge in [-0.1, -0.05) is 11.6 Å². The molecule has 2 aromatic carbocycles. The monoisotopic (exact) mass is 430 g/mol. The van der Waals surface area contributed by atoms with Crippen LogP contribution in [-0.2, 0) is 11.2 Å². The van der Waals surface area contributed by atoms with Crippen molar-refractivity contribution in [1.82, 2.24) is 9.97 Å². The molecule has 0 aliphatic carbocycles. The van der Waals surface area contributed by atoms with Gasteiger partial charge in [-0.2, -0.15) is 0 Å². The molecule has 0 amide bonds. The van der Waals surface area contributed by atoms with Crippen molar-refractivity contribution in [2.45, 2.75) is 20.3 Å². The van der Waals surface area contributed by atoms with Crippen molar-refractivity contribution in [2.75, 3.05) is 31.2 Å². The second-order valence-corrected chi connectivity index (χ2v) is 8.04. The molecule has 0 bridgehead atoms. The van der Waals surface area contributed by atoms with Crippen LogP contribution in [0.15, 0.2) is 71.1 Å². The van der Waals surface area contributed by atoms with Crippen LogP contribution in [0.2, 0.25) is 0 Å². The number of rotatable bonds is 6. The molecule has 6 heteroatoms. The van der Waals surface area contributed by atoms with Crippen LogP contribution in [0.5, 0.6) is 0 Å². The van der Waals surface area contributed by atoms with E-state index >= 15 is 0 Å². The van der Waals surface area contributed by atoms with Crippen molar-refractivity contribution >= 4 is 23.3 Å². The molecule has 1 aliphatic rings. The summed E-state index contributed by atoms with van der Waals surface area (Å²) >= 11 is 0. The molecule has 0 atom stereocenters. The molecule has 1 fully saturated rings. The second-order valence-electron chi connectivity index (χ2n) is 8.04. The van der Waals surface area contributed by atoms with Crippen molar-refractivity contribution in [3.05, 3.63) is 77.5 Å². The fourth-order valence-corrected chi connectivity index (χ4v) is 3.91. The van der Waals surface area contributed by atoms with Gasteiger partial charge >= 0.3 is 0 Å². The first kappa shape index (κ1) is 21.8. The van der Waals surface area contributed by atoms with Gasteiger partial charge < -0.3 is 9.64 Å². The van der Waals surface area contributed by atoms with Gasteiger partial charge in [0.2, 0.25) is 0 Å². The molecular weight excluding hydrogens is 403 g/mol. The Kier molecular flexibility index (Phi) is 6.71. The normalized spacial score (nSPS) is 14.2. The molecule has 1 aromatic heterocycles. The highest BCUT2D eigenvalue weighted by Crippen LogP contribution is 2.31. The number of aliphatic imine (C=N–C) groups is 1. The Bertz CT molecular complexity index is 1190. The molecule has 1 saturated heterocycles. The van der Waals surface area contributed by atoms with Crippen molar-refractivity contribution < 1.29 is 9.13 Å². The summed E-state index contributed by atoms with van der Waals surface area (Å²) in [6.07, 6.45) is 5.80. The van der Waals surface area contributed by atoms with E-state index < -0.39 is 0 Å². The third-order valence-electron chi connectivity index (χ3n) is 5.70. The highest BCUT2D eigenvalue weighted by atomic mass is 19.1. The first-order valence-electron chi connectivity index (χ1n) is 10.7. The molecule has 0 saturated carbocycles. The second kappa shape index (κ2) is 9.83. The van der Waals surface area contributed by atoms with E-state index in [1.165, 1.54) is 18.0 Å². The third kappa shape index (κ3) is 4.75. The number of allylic oxidation sites excluding steroid dienone is 3. The molecule has 2 heterocycles. The number of benzene rings is 2. The van der Waals surface area contributed by atoms with E-state index in [1.54, 1.807) is 6.20 Å². The van der Waals surface area contributed by atoms with Crippen molar-refractivity contribution in [3.63, 3.8) is 0 Å². The van der Waals surface area contributed by atoms with Crippen LogP contribution >= 0.6 is 0 Å². The Balaban J connectivity index is 1.72. The number of ether oxygens (including phenoxy) is 1. The average Bonchev–Trinajstić information content (AvgIpc) is 2.82. The summed E-state index contributed by atoms with van der Waals surface area (Å²) in [5, 5.41) is 0.832. The number of anilines is 1. The summed E-state index contributed by atoms with van der Waals surface area (Å²) in [5.41, 5.74) is 6.28. The summed E-state index contributed by atoms with van der Waals surface area (Å²) in [7, 11) is 0. The smallest absolute Gasteiger partial charge is 0.132 e. The molecule has 0 spiro atoms.